The number of hydrogen-bond acceptors (Lipinski definition) is 5. The second-order valence-electron chi connectivity index (χ2n) is 10.7. The first-order valence-electron chi connectivity index (χ1n) is 13.5. The highest BCUT2D eigenvalue weighted by atomic mass is 32.1. The molecule has 1 saturated heterocycles. The van der Waals surface area contributed by atoms with Gasteiger partial charge < -0.3 is 20.4 Å². The number of guanidine groups is 1. The third kappa shape index (κ3) is 6.39. The summed E-state index contributed by atoms with van der Waals surface area (Å²) in [6, 6.07) is 8.09. The Labute approximate surface area is 221 Å². The van der Waals surface area contributed by atoms with Crippen molar-refractivity contribution >= 4 is 33.1 Å². The van der Waals surface area contributed by atoms with Crippen LogP contribution in [0, 0.1) is 5.92 Å². The highest BCUT2D eigenvalue weighted by Crippen LogP contribution is 2.34. The van der Waals surface area contributed by atoms with Crippen LogP contribution < -0.4 is 10.6 Å². The first kappa shape index (κ1) is 26.3. The second kappa shape index (κ2) is 11.2. The van der Waals surface area contributed by atoms with Crippen molar-refractivity contribution in [1.29, 1.82) is 0 Å². The van der Waals surface area contributed by atoms with Crippen LogP contribution in [-0.2, 0) is 0 Å². The SMILES string of the molecule is CC1C(c2nc3ccccc3s2)=C(N[C@@H]2CCCC(CN3CCCC3)CC2)NC(=NCC(F)(F)F)N1C. The van der Waals surface area contributed by atoms with E-state index in [9.17, 15) is 13.2 Å². The zero-order valence-corrected chi connectivity index (χ0v) is 22.5. The zero-order valence-electron chi connectivity index (χ0n) is 21.7. The fourth-order valence-corrected chi connectivity index (χ4v) is 6.90. The molecule has 5 rings (SSSR count). The first-order valence-corrected chi connectivity index (χ1v) is 14.3. The van der Waals surface area contributed by atoms with Gasteiger partial charge in [0.25, 0.3) is 0 Å². The van der Waals surface area contributed by atoms with Gasteiger partial charge in [0, 0.05) is 19.6 Å². The van der Waals surface area contributed by atoms with E-state index < -0.39 is 12.7 Å². The van der Waals surface area contributed by atoms with Crippen molar-refractivity contribution in [2.45, 2.75) is 70.1 Å². The number of alkyl halides is 3. The summed E-state index contributed by atoms with van der Waals surface area (Å²) in [5, 5.41) is 7.84. The molecular weight excluding hydrogens is 497 g/mol. The maximum atomic E-state index is 13.0. The summed E-state index contributed by atoms with van der Waals surface area (Å²) in [7, 11) is 1.78. The largest absolute Gasteiger partial charge is 0.408 e. The molecule has 202 valence electrons. The van der Waals surface area contributed by atoms with Gasteiger partial charge in [-0.25, -0.2) is 9.98 Å². The van der Waals surface area contributed by atoms with Crippen molar-refractivity contribution in [3.8, 4) is 0 Å². The van der Waals surface area contributed by atoms with Crippen LogP contribution in [-0.4, -0.2) is 72.2 Å². The standard InChI is InChI=1S/C27H37F3N6S/c1-18-23(25-33-21-10-3-4-11-22(21)37-25)24(34-26(35(18)2)31-17-27(28,29)30)32-20-9-7-8-19(12-13-20)16-36-14-5-6-15-36/h3-4,10-11,18-20,32H,5-9,12-17H2,1-2H3,(H,31,34)/t18?,19?,20-/m1/s1. The minimum absolute atomic E-state index is 0.190. The second-order valence-corrected chi connectivity index (χ2v) is 11.7. The molecule has 6 nitrogen and oxygen atoms in total. The fraction of sp³-hybridized carbons (Fsp3) is 0.630. The average molecular weight is 535 g/mol. The lowest BCUT2D eigenvalue weighted by molar-refractivity contribution is -0.118. The van der Waals surface area contributed by atoms with Crippen LogP contribution in [0.3, 0.4) is 0 Å². The summed E-state index contributed by atoms with van der Waals surface area (Å²) in [6.07, 6.45) is 3.95. The van der Waals surface area contributed by atoms with Gasteiger partial charge in [-0.05, 0) is 76.6 Å². The van der Waals surface area contributed by atoms with Crippen molar-refractivity contribution in [2.24, 2.45) is 10.9 Å². The van der Waals surface area contributed by atoms with Gasteiger partial charge in [0.1, 0.15) is 17.4 Å². The molecule has 2 aromatic rings. The number of nitrogens with zero attached hydrogens (tertiary/aromatic N) is 4. The zero-order chi connectivity index (χ0) is 26.0. The lowest BCUT2D eigenvalue weighted by atomic mass is 9.99. The van der Waals surface area contributed by atoms with Crippen LogP contribution in [0.4, 0.5) is 13.2 Å². The van der Waals surface area contributed by atoms with Crippen molar-refractivity contribution in [1.82, 2.24) is 25.4 Å². The number of para-hydroxylation sites is 1. The predicted octanol–water partition coefficient (Wildman–Crippen LogP) is 5.44. The topological polar surface area (TPSA) is 55.8 Å². The molecular formula is C27H37F3N6S. The predicted molar refractivity (Wildman–Crippen MR) is 144 cm³/mol. The molecule has 37 heavy (non-hydrogen) atoms. The molecule has 2 N–H and O–H groups in total. The third-order valence-corrected chi connectivity index (χ3v) is 8.99. The number of fused-ring (bicyclic) bond motifs is 1. The van der Waals surface area contributed by atoms with E-state index in [1.165, 1.54) is 45.3 Å². The Morgan fingerprint density at radius 2 is 1.89 bits per heavy atom. The smallest absolute Gasteiger partial charge is 0.368 e. The van der Waals surface area contributed by atoms with Crippen LogP contribution in [0.25, 0.3) is 15.8 Å². The van der Waals surface area contributed by atoms with E-state index in [2.05, 4.69) is 26.6 Å². The number of halogens is 3. The Kier molecular flexibility index (Phi) is 7.95. The lowest BCUT2D eigenvalue weighted by Crippen LogP contribution is -2.53. The van der Waals surface area contributed by atoms with Gasteiger partial charge in [0.05, 0.1) is 21.8 Å². The highest BCUT2D eigenvalue weighted by molar-refractivity contribution is 7.19. The average Bonchev–Trinajstić information content (AvgIpc) is 3.47. The van der Waals surface area contributed by atoms with Crippen LogP contribution in [0.2, 0.25) is 0 Å². The molecule has 3 heterocycles. The van der Waals surface area contributed by atoms with E-state index in [1.54, 1.807) is 23.3 Å². The molecule has 2 fully saturated rings. The van der Waals surface area contributed by atoms with Gasteiger partial charge in [0.15, 0.2) is 5.96 Å². The van der Waals surface area contributed by atoms with Crippen molar-refractivity contribution in [3.05, 3.63) is 35.1 Å². The molecule has 2 aliphatic heterocycles. The van der Waals surface area contributed by atoms with E-state index in [4.69, 9.17) is 4.98 Å². The molecule has 0 bridgehead atoms. The molecule has 10 heteroatoms. The van der Waals surface area contributed by atoms with Gasteiger partial charge >= 0.3 is 6.18 Å². The summed E-state index contributed by atoms with van der Waals surface area (Å²) in [5.41, 5.74) is 1.91. The van der Waals surface area contributed by atoms with Crippen molar-refractivity contribution in [3.63, 3.8) is 0 Å². The van der Waals surface area contributed by atoms with Gasteiger partial charge in [-0.15, -0.1) is 11.3 Å². The molecule has 3 atom stereocenters. The Hall–Kier alpha value is -2.33. The molecule has 1 saturated carbocycles. The highest BCUT2D eigenvalue weighted by Gasteiger charge is 2.34. The van der Waals surface area contributed by atoms with Gasteiger partial charge in [-0.2, -0.15) is 13.2 Å². The summed E-state index contributed by atoms with van der Waals surface area (Å²) < 4.78 is 40.1. The van der Waals surface area contributed by atoms with Gasteiger partial charge in [-0.1, -0.05) is 18.6 Å². The number of hydrogen-bond donors (Lipinski definition) is 2. The van der Waals surface area contributed by atoms with E-state index in [-0.39, 0.29) is 18.0 Å². The monoisotopic (exact) mass is 534 g/mol. The number of rotatable bonds is 6. The Morgan fingerprint density at radius 3 is 2.65 bits per heavy atom. The normalized spacial score (nSPS) is 27.1. The molecule has 1 aromatic carbocycles. The van der Waals surface area contributed by atoms with Crippen LogP contribution in [0.1, 0.15) is 56.9 Å². The molecule has 3 aliphatic rings. The minimum atomic E-state index is -4.35. The first-order chi connectivity index (χ1) is 17.8. The Morgan fingerprint density at radius 1 is 1.11 bits per heavy atom. The number of likely N-dealkylation sites (tertiary alicyclic amines) is 1. The number of aromatic nitrogens is 1. The Balaban J connectivity index is 1.40. The van der Waals surface area contributed by atoms with E-state index in [0.717, 1.165) is 51.8 Å². The van der Waals surface area contributed by atoms with Gasteiger partial charge in [-0.3, -0.25) is 0 Å². The molecule has 2 unspecified atom stereocenters. The summed E-state index contributed by atoms with van der Waals surface area (Å²) >= 11 is 1.62. The summed E-state index contributed by atoms with van der Waals surface area (Å²) in [6.45, 7) is 4.45. The number of aliphatic imine (C=N–C) groups is 1. The summed E-state index contributed by atoms with van der Waals surface area (Å²) in [5.74, 6) is 1.70. The van der Waals surface area contributed by atoms with Gasteiger partial charge in [0.2, 0.25) is 0 Å². The number of thiazole rings is 1. The molecule has 0 radical (unpaired) electrons. The molecule has 1 aliphatic carbocycles. The molecule has 0 amide bonds. The third-order valence-electron chi connectivity index (χ3n) is 7.92. The van der Waals surface area contributed by atoms with E-state index in [1.807, 2.05) is 25.1 Å². The number of nitrogens with one attached hydrogen (secondary N) is 2. The Bertz CT molecular complexity index is 1100. The maximum absolute atomic E-state index is 13.0. The van der Waals surface area contributed by atoms with Crippen LogP contribution >= 0.6 is 11.3 Å². The van der Waals surface area contributed by atoms with Crippen LogP contribution in [0.15, 0.2) is 35.1 Å². The van der Waals surface area contributed by atoms with E-state index >= 15 is 0 Å². The van der Waals surface area contributed by atoms with Crippen molar-refractivity contribution < 1.29 is 13.2 Å². The number of likely N-dealkylation sites (N-methyl/N-ethyl adjacent to an activating group) is 1. The number of benzene rings is 1. The van der Waals surface area contributed by atoms with E-state index in [0.29, 0.717) is 0 Å². The molecule has 1 aromatic heterocycles. The fourth-order valence-electron chi connectivity index (χ4n) is 5.80. The molecule has 0 spiro atoms. The van der Waals surface area contributed by atoms with Crippen molar-refractivity contribution in [2.75, 3.05) is 33.2 Å². The summed E-state index contributed by atoms with van der Waals surface area (Å²) in [4.78, 5) is 13.2. The quantitative estimate of drug-likeness (QED) is 0.484. The maximum Gasteiger partial charge on any atom is 0.408 e. The van der Waals surface area contributed by atoms with Crippen LogP contribution in [0.5, 0.6) is 0 Å². The minimum Gasteiger partial charge on any atom is -0.368 e. The lowest BCUT2D eigenvalue weighted by Gasteiger charge is -2.38.